The molecule has 1 rings (SSSR count). The van der Waals surface area contributed by atoms with Gasteiger partial charge in [-0.1, -0.05) is 0 Å². The van der Waals surface area contributed by atoms with Gasteiger partial charge in [-0.15, -0.1) is 0 Å². The molecular weight excluding hydrogens is 352 g/mol. The molecule has 1 saturated heterocycles. The van der Waals surface area contributed by atoms with Gasteiger partial charge in [-0.3, -0.25) is 14.5 Å². The Morgan fingerprint density at radius 2 is 1.77 bits per heavy atom. The molecule has 11 heteroatoms. The molecule has 1 heterocycles. The predicted octanol–water partition coefficient (Wildman–Crippen LogP) is -3.26. The van der Waals surface area contributed by atoms with Crippen molar-refractivity contribution in [2.24, 2.45) is 0 Å². The molecule has 26 heavy (non-hydrogen) atoms. The number of carboxylic acid groups (broad SMARTS) is 1. The Kier molecular flexibility index (Phi) is 7.08. The molecule has 0 bridgehead atoms. The van der Waals surface area contributed by atoms with Crippen LogP contribution in [-0.2, 0) is 14.4 Å². The lowest BCUT2D eigenvalue weighted by molar-refractivity contribution is -0.187. The fourth-order valence-electron chi connectivity index (χ4n) is 3.19. The molecule has 150 valence electrons. The summed E-state index contributed by atoms with van der Waals surface area (Å²) in [6.07, 6.45) is -6.81. The standard InChI is InChI=1S/C15H26N2O9/c1-6(18)4-10(22)16-11(7(2)19)13(23)12-9(21)5-15(26,14(24)25)17(12)8(3)20/h6-7,9,11-13,18-19,21,23,26H,4-5H2,1-3H3,(H,16,22)(H,24,25)/t6-,7+,9+,11?,12?,13-,15+/m1/s1. The minimum atomic E-state index is -2.73. The maximum Gasteiger partial charge on any atom is 0.357 e. The topological polar surface area (TPSA) is 188 Å². The van der Waals surface area contributed by atoms with E-state index in [1.807, 2.05) is 0 Å². The first-order chi connectivity index (χ1) is 11.8. The molecule has 1 aliphatic rings. The first-order valence-corrected chi connectivity index (χ1v) is 8.10. The smallest absolute Gasteiger partial charge is 0.357 e. The Morgan fingerprint density at radius 3 is 2.15 bits per heavy atom. The lowest BCUT2D eigenvalue weighted by atomic mass is 9.95. The second-order valence-corrected chi connectivity index (χ2v) is 6.65. The van der Waals surface area contributed by atoms with E-state index in [0.717, 1.165) is 6.92 Å². The minimum absolute atomic E-state index is 0.321. The van der Waals surface area contributed by atoms with Gasteiger partial charge in [0.25, 0.3) is 0 Å². The van der Waals surface area contributed by atoms with Crippen LogP contribution in [0.5, 0.6) is 0 Å². The van der Waals surface area contributed by atoms with E-state index in [1.54, 1.807) is 0 Å². The maximum atomic E-state index is 11.9. The van der Waals surface area contributed by atoms with E-state index in [2.05, 4.69) is 5.32 Å². The van der Waals surface area contributed by atoms with Crippen molar-refractivity contribution in [3.05, 3.63) is 0 Å². The number of likely N-dealkylation sites (tertiary alicyclic amines) is 1. The molecule has 0 aliphatic carbocycles. The molecule has 11 nitrogen and oxygen atoms in total. The van der Waals surface area contributed by atoms with Crippen LogP contribution >= 0.6 is 0 Å². The van der Waals surface area contributed by atoms with Crippen molar-refractivity contribution in [2.75, 3.05) is 0 Å². The number of amides is 2. The van der Waals surface area contributed by atoms with Crippen molar-refractivity contribution in [1.82, 2.24) is 10.2 Å². The molecule has 0 aromatic heterocycles. The normalized spacial score (nSPS) is 30.4. The zero-order valence-electron chi connectivity index (χ0n) is 14.7. The molecular formula is C15H26N2O9. The van der Waals surface area contributed by atoms with Crippen molar-refractivity contribution in [1.29, 1.82) is 0 Å². The molecule has 0 saturated carbocycles. The summed E-state index contributed by atoms with van der Waals surface area (Å²) in [5, 5.41) is 61.6. The SMILES string of the molecule is CC(=O)N1C([C@H](O)C(NC(=O)C[C@@H](C)O)[C@H](C)O)[C@@H](O)C[C@]1(O)C(=O)O. The highest BCUT2D eigenvalue weighted by Gasteiger charge is 2.59. The molecule has 1 aliphatic heterocycles. The van der Waals surface area contributed by atoms with E-state index in [1.165, 1.54) is 13.8 Å². The average molecular weight is 378 g/mol. The van der Waals surface area contributed by atoms with E-state index < -0.39 is 66.4 Å². The molecule has 7 atom stereocenters. The van der Waals surface area contributed by atoms with Crippen LogP contribution in [0.3, 0.4) is 0 Å². The zero-order valence-corrected chi connectivity index (χ0v) is 14.7. The summed E-state index contributed by atoms with van der Waals surface area (Å²) in [4.78, 5) is 35.5. The largest absolute Gasteiger partial charge is 0.478 e. The number of rotatable bonds is 7. The molecule has 0 spiro atoms. The van der Waals surface area contributed by atoms with Gasteiger partial charge in [-0.05, 0) is 13.8 Å². The quantitative estimate of drug-likeness (QED) is 0.238. The van der Waals surface area contributed by atoms with Gasteiger partial charge in [0, 0.05) is 13.3 Å². The fraction of sp³-hybridized carbons (Fsp3) is 0.800. The van der Waals surface area contributed by atoms with Gasteiger partial charge >= 0.3 is 5.97 Å². The fourth-order valence-corrected chi connectivity index (χ4v) is 3.19. The summed E-state index contributed by atoms with van der Waals surface area (Å²) in [6.45, 7) is 3.55. The van der Waals surface area contributed by atoms with Crippen LogP contribution in [0.4, 0.5) is 0 Å². The summed E-state index contributed by atoms with van der Waals surface area (Å²) in [6, 6.07) is -2.97. The number of aliphatic carboxylic acids is 1. The predicted molar refractivity (Wildman–Crippen MR) is 85.4 cm³/mol. The Balaban J connectivity index is 3.16. The monoisotopic (exact) mass is 378 g/mol. The number of nitrogens with one attached hydrogen (secondary N) is 1. The highest BCUT2D eigenvalue weighted by Crippen LogP contribution is 2.35. The van der Waals surface area contributed by atoms with E-state index >= 15 is 0 Å². The Hall–Kier alpha value is -1.79. The second kappa shape index (κ2) is 8.27. The van der Waals surface area contributed by atoms with Gasteiger partial charge in [0.2, 0.25) is 17.5 Å². The van der Waals surface area contributed by atoms with Crippen molar-refractivity contribution < 1.29 is 45.0 Å². The molecule has 0 radical (unpaired) electrons. The summed E-state index contributed by atoms with van der Waals surface area (Å²) in [7, 11) is 0. The summed E-state index contributed by atoms with van der Waals surface area (Å²) < 4.78 is 0. The maximum absolute atomic E-state index is 11.9. The van der Waals surface area contributed by atoms with Crippen molar-refractivity contribution in [3.8, 4) is 0 Å². The van der Waals surface area contributed by atoms with Gasteiger partial charge in [0.05, 0.1) is 42.9 Å². The third-order valence-corrected chi connectivity index (χ3v) is 4.31. The van der Waals surface area contributed by atoms with E-state index in [0.29, 0.717) is 4.90 Å². The molecule has 0 aromatic rings. The number of hydrogen-bond acceptors (Lipinski definition) is 8. The van der Waals surface area contributed by atoms with Crippen LogP contribution in [0.15, 0.2) is 0 Å². The third kappa shape index (κ3) is 4.48. The van der Waals surface area contributed by atoms with E-state index in [4.69, 9.17) is 0 Å². The lowest BCUT2D eigenvalue weighted by Crippen LogP contribution is -2.63. The van der Waals surface area contributed by atoms with E-state index in [-0.39, 0.29) is 6.42 Å². The van der Waals surface area contributed by atoms with Crippen molar-refractivity contribution >= 4 is 17.8 Å². The zero-order chi connectivity index (χ0) is 20.4. The van der Waals surface area contributed by atoms with Crippen LogP contribution in [0.25, 0.3) is 0 Å². The van der Waals surface area contributed by atoms with Crippen molar-refractivity contribution in [2.45, 2.75) is 75.8 Å². The number of carboxylic acids is 1. The van der Waals surface area contributed by atoms with Crippen LogP contribution in [-0.4, -0.2) is 95.5 Å². The first kappa shape index (κ1) is 22.3. The van der Waals surface area contributed by atoms with Gasteiger partial charge in [-0.25, -0.2) is 4.79 Å². The van der Waals surface area contributed by atoms with Crippen LogP contribution in [0.2, 0.25) is 0 Å². The van der Waals surface area contributed by atoms with Gasteiger partial charge in [-0.2, -0.15) is 0 Å². The van der Waals surface area contributed by atoms with Gasteiger partial charge in [0.15, 0.2) is 0 Å². The number of aliphatic hydroxyl groups excluding tert-OH is 4. The summed E-state index contributed by atoms with van der Waals surface area (Å²) >= 11 is 0. The Bertz CT molecular complexity index is 553. The lowest BCUT2D eigenvalue weighted by Gasteiger charge is -2.38. The van der Waals surface area contributed by atoms with Crippen LogP contribution in [0, 0.1) is 0 Å². The number of carbonyl (C=O) groups is 3. The molecule has 2 unspecified atom stereocenters. The second-order valence-electron chi connectivity index (χ2n) is 6.65. The number of nitrogens with zero attached hydrogens (tertiary/aromatic N) is 1. The van der Waals surface area contributed by atoms with E-state index in [9.17, 15) is 45.0 Å². The molecule has 0 aromatic carbocycles. The Labute approximate surface area is 149 Å². The van der Waals surface area contributed by atoms with Crippen LogP contribution in [0.1, 0.15) is 33.6 Å². The van der Waals surface area contributed by atoms with Gasteiger partial charge in [0.1, 0.15) is 0 Å². The highest BCUT2D eigenvalue weighted by molar-refractivity contribution is 5.86. The third-order valence-electron chi connectivity index (χ3n) is 4.31. The highest BCUT2D eigenvalue weighted by atomic mass is 16.4. The Morgan fingerprint density at radius 1 is 1.23 bits per heavy atom. The van der Waals surface area contributed by atoms with Crippen molar-refractivity contribution in [3.63, 3.8) is 0 Å². The molecule has 2 amide bonds. The average Bonchev–Trinajstić information content (AvgIpc) is 2.75. The van der Waals surface area contributed by atoms with Crippen LogP contribution < -0.4 is 5.32 Å². The summed E-state index contributed by atoms with van der Waals surface area (Å²) in [5.41, 5.74) is -2.73. The minimum Gasteiger partial charge on any atom is -0.478 e. The van der Waals surface area contributed by atoms with Gasteiger partial charge < -0.3 is 36.0 Å². The first-order valence-electron chi connectivity index (χ1n) is 8.10. The molecule has 7 N–H and O–H groups in total. The number of aliphatic hydroxyl groups is 5. The number of carbonyl (C=O) groups excluding carboxylic acids is 2. The number of hydrogen-bond donors (Lipinski definition) is 7. The summed E-state index contributed by atoms with van der Waals surface area (Å²) in [5.74, 6) is -3.41. The molecule has 1 fully saturated rings.